The number of rotatable bonds is 1. The number of pyridine rings is 2. The van der Waals surface area contributed by atoms with Gasteiger partial charge in [0.05, 0.1) is 10.9 Å². The average Bonchev–Trinajstić information content (AvgIpc) is 2.39. The van der Waals surface area contributed by atoms with E-state index in [9.17, 15) is 4.79 Å². The number of aromatic nitrogens is 2. The van der Waals surface area contributed by atoms with Gasteiger partial charge in [-0.25, -0.2) is 0 Å². The van der Waals surface area contributed by atoms with Crippen LogP contribution in [-0.4, -0.2) is 9.55 Å². The van der Waals surface area contributed by atoms with Crippen molar-refractivity contribution in [2.75, 3.05) is 0 Å². The van der Waals surface area contributed by atoms with Gasteiger partial charge in [-0.3, -0.25) is 9.78 Å². The molecule has 0 radical (unpaired) electrons. The second-order valence-electron chi connectivity index (χ2n) is 4.71. The van der Waals surface area contributed by atoms with Gasteiger partial charge in [0.25, 0.3) is 5.56 Å². The lowest BCUT2D eigenvalue weighted by molar-refractivity contribution is 0.604. The molecule has 0 aliphatic heterocycles. The summed E-state index contributed by atoms with van der Waals surface area (Å²) in [5, 5.41) is 2.76. The lowest BCUT2D eigenvalue weighted by Crippen LogP contribution is -2.22. The quantitative estimate of drug-likeness (QED) is 0.610. The predicted octanol–water partition coefficient (Wildman–Crippen LogP) is 3.13. The number of para-hydroxylation sites is 1. The van der Waals surface area contributed by atoms with Crippen molar-refractivity contribution < 1.29 is 0 Å². The van der Waals surface area contributed by atoms with Crippen molar-refractivity contribution >= 4 is 21.7 Å². The molecular weight excluding hydrogens is 224 g/mol. The number of fused-ring (bicyclic) bond motifs is 3. The summed E-state index contributed by atoms with van der Waals surface area (Å²) in [6, 6.07) is 10.0. The molecule has 1 aromatic carbocycles. The van der Waals surface area contributed by atoms with E-state index in [0.717, 1.165) is 16.3 Å². The molecule has 3 rings (SSSR count). The Kier molecular flexibility index (Phi) is 2.40. The van der Waals surface area contributed by atoms with E-state index in [2.05, 4.69) is 11.1 Å². The maximum Gasteiger partial charge on any atom is 0.260 e. The van der Waals surface area contributed by atoms with Gasteiger partial charge in [-0.2, -0.15) is 0 Å². The van der Waals surface area contributed by atoms with Crippen LogP contribution >= 0.6 is 0 Å². The molecule has 0 bridgehead atoms. The van der Waals surface area contributed by atoms with Gasteiger partial charge in [0, 0.05) is 23.8 Å². The molecule has 3 heteroatoms. The van der Waals surface area contributed by atoms with Crippen molar-refractivity contribution in [1.82, 2.24) is 9.55 Å². The van der Waals surface area contributed by atoms with Gasteiger partial charge in [0.1, 0.15) is 0 Å². The van der Waals surface area contributed by atoms with Crippen molar-refractivity contribution in [3.63, 3.8) is 0 Å². The number of nitrogens with zero attached hydrogens (tertiary/aromatic N) is 2. The Labute approximate surface area is 105 Å². The van der Waals surface area contributed by atoms with E-state index in [-0.39, 0.29) is 11.6 Å². The summed E-state index contributed by atoms with van der Waals surface area (Å²) in [5.41, 5.74) is 1.02. The Morgan fingerprint density at radius 1 is 1.06 bits per heavy atom. The molecule has 0 fully saturated rings. The Hall–Kier alpha value is -2.16. The molecule has 3 nitrogen and oxygen atoms in total. The second kappa shape index (κ2) is 3.95. The van der Waals surface area contributed by atoms with Gasteiger partial charge < -0.3 is 4.57 Å². The summed E-state index contributed by atoms with van der Waals surface area (Å²) in [6.45, 7) is 4.05. The molecular formula is C15H14N2O. The molecule has 0 N–H and O–H groups in total. The fourth-order valence-electron chi connectivity index (χ4n) is 2.46. The summed E-state index contributed by atoms with van der Waals surface area (Å²) in [4.78, 5) is 16.6. The molecule has 0 unspecified atom stereocenters. The van der Waals surface area contributed by atoms with E-state index < -0.39 is 0 Å². The first-order valence-electron chi connectivity index (χ1n) is 6.07. The van der Waals surface area contributed by atoms with E-state index >= 15 is 0 Å². The number of benzene rings is 1. The third-order valence-electron chi connectivity index (χ3n) is 3.24. The summed E-state index contributed by atoms with van der Waals surface area (Å²) in [5.74, 6) is 0. The van der Waals surface area contributed by atoms with E-state index in [1.54, 1.807) is 12.4 Å². The topological polar surface area (TPSA) is 34.9 Å². The predicted molar refractivity (Wildman–Crippen MR) is 73.9 cm³/mol. The first kappa shape index (κ1) is 11.0. The van der Waals surface area contributed by atoms with Crippen molar-refractivity contribution in [2.45, 2.75) is 19.9 Å². The SMILES string of the molecule is CC(C)n1c(=O)c2cnccc2c2ccccc21. The van der Waals surface area contributed by atoms with E-state index in [0.29, 0.717) is 5.39 Å². The summed E-state index contributed by atoms with van der Waals surface area (Å²) >= 11 is 0. The van der Waals surface area contributed by atoms with Crippen molar-refractivity contribution in [2.24, 2.45) is 0 Å². The minimum atomic E-state index is 0.0341. The van der Waals surface area contributed by atoms with Gasteiger partial charge in [0.15, 0.2) is 0 Å². The monoisotopic (exact) mass is 238 g/mol. The van der Waals surface area contributed by atoms with Crippen LogP contribution < -0.4 is 5.56 Å². The highest BCUT2D eigenvalue weighted by Crippen LogP contribution is 2.23. The minimum absolute atomic E-state index is 0.0341. The van der Waals surface area contributed by atoms with Crippen LogP contribution in [0.4, 0.5) is 0 Å². The highest BCUT2D eigenvalue weighted by atomic mass is 16.1. The van der Waals surface area contributed by atoms with Crippen molar-refractivity contribution in [1.29, 1.82) is 0 Å². The molecule has 0 saturated heterocycles. The Morgan fingerprint density at radius 3 is 2.61 bits per heavy atom. The Balaban J connectivity index is 2.67. The average molecular weight is 238 g/mol. The van der Waals surface area contributed by atoms with E-state index in [4.69, 9.17) is 0 Å². The lowest BCUT2D eigenvalue weighted by Gasteiger charge is -2.15. The van der Waals surface area contributed by atoms with Gasteiger partial charge in [-0.05, 0) is 31.4 Å². The highest BCUT2D eigenvalue weighted by Gasteiger charge is 2.11. The zero-order chi connectivity index (χ0) is 12.7. The zero-order valence-electron chi connectivity index (χ0n) is 10.4. The molecule has 0 atom stereocenters. The van der Waals surface area contributed by atoms with Crippen LogP contribution in [0.15, 0.2) is 47.5 Å². The van der Waals surface area contributed by atoms with Gasteiger partial charge >= 0.3 is 0 Å². The van der Waals surface area contributed by atoms with Crippen LogP contribution in [0.25, 0.3) is 21.7 Å². The number of hydrogen-bond donors (Lipinski definition) is 0. The van der Waals surface area contributed by atoms with Crippen LogP contribution in [0, 0.1) is 0 Å². The van der Waals surface area contributed by atoms with Crippen LogP contribution in [0.2, 0.25) is 0 Å². The molecule has 0 saturated carbocycles. The molecule has 2 heterocycles. The normalized spacial score (nSPS) is 11.5. The van der Waals surface area contributed by atoms with Gasteiger partial charge in [0.2, 0.25) is 0 Å². The third-order valence-corrected chi connectivity index (χ3v) is 3.24. The fraction of sp³-hybridized carbons (Fsp3) is 0.200. The second-order valence-corrected chi connectivity index (χ2v) is 4.71. The fourth-order valence-corrected chi connectivity index (χ4v) is 2.46. The molecule has 0 aliphatic carbocycles. The molecule has 0 amide bonds. The number of hydrogen-bond acceptors (Lipinski definition) is 2. The molecule has 3 aromatic rings. The van der Waals surface area contributed by atoms with Crippen LogP contribution in [0.3, 0.4) is 0 Å². The molecule has 90 valence electrons. The largest absolute Gasteiger partial charge is 0.305 e. The van der Waals surface area contributed by atoms with E-state index in [1.165, 1.54) is 0 Å². The molecule has 2 aromatic heterocycles. The standard InChI is InChI=1S/C15H14N2O/c1-10(2)17-14-6-4-3-5-12(14)11-7-8-16-9-13(11)15(17)18/h3-10H,1-2H3. The van der Waals surface area contributed by atoms with Crippen molar-refractivity contribution in [3.8, 4) is 0 Å². The lowest BCUT2D eigenvalue weighted by atomic mass is 10.1. The molecule has 18 heavy (non-hydrogen) atoms. The maximum absolute atomic E-state index is 12.5. The summed E-state index contributed by atoms with van der Waals surface area (Å²) < 4.78 is 1.83. The Bertz CT molecular complexity index is 787. The summed E-state index contributed by atoms with van der Waals surface area (Å²) in [7, 11) is 0. The van der Waals surface area contributed by atoms with Crippen LogP contribution in [0.5, 0.6) is 0 Å². The maximum atomic E-state index is 12.5. The van der Waals surface area contributed by atoms with Crippen molar-refractivity contribution in [3.05, 3.63) is 53.1 Å². The first-order chi connectivity index (χ1) is 8.70. The first-order valence-corrected chi connectivity index (χ1v) is 6.07. The molecule has 0 aliphatic rings. The minimum Gasteiger partial charge on any atom is -0.305 e. The van der Waals surface area contributed by atoms with Gasteiger partial charge in [-0.1, -0.05) is 18.2 Å². The highest BCUT2D eigenvalue weighted by molar-refractivity contribution is 6.05. The van der Waals surface area contributed by atoms with E-state index in [1.807, 2.05) is 42.7 Å². The third kappa shape index (κ3) is 1.44. The summed E-state index contributed by atoms with van der Waals surface area (Å²) in [6.07, 6.45) is 3.39. The van der Waals surface area contributed by atoms with Crippen LogP contribution in [-0.2, 0) is 0 Å². The molecule has 0 spiro atoms. The Morgan fingerprint density at radius 2 is 1.83 bits per heavy atom. The smallest absolute Gasteiger partial charge is 0.260 e. The van der Waals surface area contributed by atoms with Gasteiger partial charge in [-0.15, -0.1) is 0 Å². The zero-order valence-corrected chi connectivity index (χ0v) is 10.4. The van der Waals surface area contributed by atoms with Crippen LogP contribution in [0.1, 0.15) is 19.9 Å².